The molecule has 1 N–H and O–H groups in total. The summed E-state index contributed by atoms with van der Waals surface area (Å²) in [6, 6.07) is 7.59. The summed E-state index contributed by atoms with van der Waals surface area (Å²) < 4.78 is 6.58. The quantitative estimate of drug-likeness (QED) is 0.485. The second kappa shape index (κ2) is 9.77. The molecule has 0 bridgehead atoms. The van der Waals surface area contributed by atoms with E-state index < -0.39 is 0 Å². The Morgan fingerprint density at radius 1 is 1.22 bits per heavy atom. The van der Waals surface area contributed by atoms with Crippen LogP contribution < -0.4 is 5.32 Å². The molecule has 1 aromatic heterocycles. The zero-order valence-corrected chi connectivity index (χ0v) is 19.2. The predicted molar refractivity (Wildman–Crippen MR) is 121 cm³/mol. The lowest BCUT2D eigenvalue weighted by Crippen LogP contribution is -2.37. The molecule has 1 saturated carbocycles. The number of aromatic nitrogens is 2. The number of carbonyl (C=O) groups is 3. The number of hydrogen-bond donors (Lipinski definition) is 1. The summed E-state index contributed by atoms with van der Waals surface area (Å²) in [7, 11) is 1.32. The van der Waals surface area contributed by atoms with Gasteiger partial charge in [-0.15, -0.1) is 11.8 Å². The summed E-state index contributed by atoms with van der Waals surface area (Å²) in [5.74, 6) is -0.131. The number of thioether (sulfide) groups is 1. The molecule has 4 rings (SSSR count). The van der Waals surface area contributed by atoms with Crippen molar-refractivity contribution in [1.29, 1.82) is 0 Å². The molecular weight excluding hydrogens is 428 g/mol. The van der Waals surface area contributed by atoms with E-state index in [1.54, 1.807) is 16.7 Å². The fourth-order valence-corrected chi connectivity index (χ4v) is 4.33. The molecule has 8 nitrogen and oxygen atoms in total. The summed E-state index contributed by atoms with van der Waals surface area (Å²) >= 11 is 1.63. The molecule has 2 aromatic rings. The van der Waals surface area contributed by atoms with Gasteiger partial charge in [0.2, 0.25) is 0 Å². The third-order valence-corrected chi connectivity index (χ3v) is 6.69. The molecule has 0 unspecified atom stereocenters. The lowest BCUT2D eigenvalue weighted by molar-refractivity contribution is -0.140. The number of fused-ring (bicyclic) bond motifs is 1. The van der Waals surface area contributed by atoms with E-state index in [4.69, 9.17) is 0 Å². The van der Waals surface area contributed by atoms with E-state index in [9.17, 15) is 14.4 Å². The first kappa shape index (κ1) is 22.4. The lowest BCUT2D eigenvalue weighted by Gasteiger charge is -2.28. The molecule has 2 aliphatic rings. The van der Waals surface area contributed by atoms with Crippen LogP contribution in [0.25, 0.3) is 0 Å². The molecule has 0 radical (unpaired) electrons. The van der Waals surface area contributed by atoms with Gasteiger partial charge in [-0.2, -0.15) is 5.10 Å². The van der Waals surface area contributed by atoms with Gasteiger partial charge in [0.1, 0.15) is 0 Å². The molecule has 32 heavy (non-hydrogen) atoms. The molecule has 1 fully saturated rings. The van der Waals surface area contributed by atoms with Gasteiger partial charge in [-0.1, -0.05) is 0 Å². The van der Waals surface area contributed by atoms with Crippen molar-refractivity contribution in [2.45, 2.75) is 43.7 Å². The zero-order valence-electron chi connectivity index (χ0n) is 18.4. The van der Waals surface area contributed by atoms with Gasteiger partial charge >= 0.3 is 5.97 Å². The first-order valence-corrected chi connectivity index (χ1v) is 12.1. The van der Waals surface area contributed by atoms with E-state index in [0.29, 0.717) is 36.7 Å². The van der Waals surface area contributed by atoms with Crippen molar-refractivity contribution in [2.75, 3.05) is 26.5 Å². The third-order valence-electron chi connectivity index (χ3n) is 5.94. The van der Waals surface area contributed by atoms with Gasteiger partial charge in [0.15, 0.2) is 5.69 Å². The van der Waals surface area contributed by atoms with E-state index >= 15 is 0 Å². The molecule has 1 aliphatic heterocycles. The van der Waals surface area contributed by atoms with Crippen molar-refractivity contribution >= 4 is 29.5 Å². The molecule has 170 valence electrons. The molecule has 2 heterocycles. The van der Waals surface area contributed by atoms with Crippen LogP contribution >= 0.6 is 11.8 Å². The Morgan fingerprint density at radius 2 is 1.97 bits per heavy atom. The number of methoxy groups -OCH3 is 1. The summed E-state index contributed by atoms with van der Waals surface area (Å²) in [6.07, 6.45) is 5.14. The number of benzene rings is 1. The molecule has 1 aliphatic carbocycles. The Bertz CT molecular complexity index is 1010. The topological polar surface area (TPSA) is 93.5 Å². The number of nitrogens with zero attached hydrogens (tertiary/aromatic N) is 3. The summed E-state index contributed by atoms with van der Waals surface area (Å²) in [4.78, 5) is 40.2. The van der Waals surface area contributed by atoms with Crippen LogP contribution in [0.5, 0.6) is 0 Å². The molecule has 9 heteroatoms. The van der Waals surface area contributed by atoms with E-state index in [-0.39, 0.29) is 30.7 Å². The lowest BCUT2D eigenvalue weighted by atomic mass is 10.0. The van der Waals surface area contributed by atoms with Crippen LogP contribution in [0.2, 0.25) is 0 Å². The second-order valence-electron chi connectivity index (χ2n) is 8.19. The maximum absolute atomic E-state index is 13.1. The van der Waals surface area contributed by atoms with Crippen LogP contribution in [-0.2, 0) is 29.0 Å². The Labute approximate surface area is 191 Å². The average Bonchev–Trinajstić information content (AvgIpc) is 3.57. The normalized spacial score (nSPS) is 15.2. The Morgan fingerprint density at radius 3 is 2.62 bits per heavy atom. The first-order valence-electron chi connectivity index (χ1n) is 10.9. The number of rotatable bonds is 8. The highest BCUT2D eigenvalue weighted by Crippen LogP contribution is 2.33. The number of carbonyl (C=O) groups excluding carboxylic acids is 3. The SMILES string of the molecule is COC(=O)CCNC(=O)c1nn(CC2CC2)c2c1CN(C(=O)c1ccc(SC)cc1)CC2. The van der Waals surface area contributed by atoms with E-state index in [1.807, 2.05) is 35.2 Å². The highest BCUT2D eigenvalue weighted by atomic mass is 32.2. The first-order chi connectivity index (χ1) is 15.5. The minimum Gasteiger partial charge on any atom is -0.469 e. The van der Waals surface area contributed by atoms with Crippen LogP contribution in [-0.4, -0.2) is 58.9 Å². The Kier molecular flexibility index (Phi) is 6.83. The van der Waals surface area contributed by atoms with Gasteiger partial charge in [0.05, 0.1) is 20.1 Å². The van der Waals surface area contributed by atoms with Crippen LogP contribution in [0.1, 0.15) is 51.4 Å². The smallest absolute Gasteiger partial charge is 0.307 e. The van der Waals surface area contributed by atoms with Crippen molar-refractivity contribution in [3.63, 3.8) is 0 Å². The molecule has 1 aromatic carbocycles. The van der Waals surface area contributed by atoms with Gasteiger partial charge in [0.25, 0.3) is 11.8 Å². The number of esters is 1. The van der Waals surface area contributed by atoms with E-state index in [0.717, 1.165) is 22.7 Å². The average molecular weight is 457 g/mol. The Balaban J connectivity index is 1.53. The van der Waals surface area contributed by atoms with Gasteiger partial charge < -0.3 is 15.0 Å². The third kappa shape index (κ3) is 4.98. The fourth-order valence-electron chi connectivity index (χ4n) is 3.92. The molecule has 2 amide bonds. The van der Waals surface area contributed by atoms with Crippen molar-refractivity contribution in [2.24, 2.45) is 5.92 Å². The van der Waals surface area contributed by atoms with Crippen molar-refractivity contribution in [3.05, 3.63) is 46.8 Å². The zero-order chi connectivity index (χ0) is 22.7. The minimum absolute atomic E-state index is 0.0460. The van der Waals surface area contributed by atoms with Crippen LogP contribution in [0.3, 0.4) is 0 Å². The molecular formula is C23H28N4O4S. The highest BCUT2D eigenvalue weighted by molar-refractivity contribution is 7.98. The van der Waals surface area contributed by atoms with Crippen molar-refractivity contribution in [3.8, 4) is 0 Å². The van der Waals surface area contributed by atoms with Crippen LogP contribution in [0.4, 0.5) is 0 Å². The van der Waals surface area contributed by atoms with Gasteiger partial charge in [-0.3, -0.25) is 19.1 Å². The number of amides is 2. The van der Waals surface area contributed by atoms with E-state index in [2.05, 4.69) is 15.2 Å². The largest absolute Gasteiger partial charge is 0.469 e. The van der Waals surface area contributed by atoms with Gasteiger partial charge in [0, 0.05) is 47.8 Å². The maximum atomic E-state index is 13.1. The maximum Gasteiger partial charge on any atom is 0.307 e. The standard InChI is InChI=1S/C23H28N4O4S/c1-31-20(28)9-11-24-22(29)21-18-14-26(23(30)16-5-7-17(32-2)8-6-16)12-10-19(18)27(25-21)13-15-3-4-15/h5-8,15H,3-4,9-14H2,1-2H3,(H,24,29). The predicted octanol–water partition coefficient (Wildman–Crippen LogP) is 2.51. The number of hydrogen-bond acceptors (Lipinski definition) is 6. The van der Waals surface area contributed by atoms with Gasteiger partial charge in [-0.05, 0) is 49.3 Å². The summed E-state index contributed by atoms with van der Waals surface area (Å²) in [6.45, 7) is 1.93. The number of nitrogens with one attached hydrogen (secondary N) is 1. The van der Waals surface area contributed by atoms with Crippen LogP contribution in [0, 0.1) is 5.92 Å². The van der Waals surface area contributed by atoms with Crippen molar-refractivity contribution < 1.29 is 19.1 Å². The van der Waals surface area contributed by atoms with E-state index in [1.165, 1.54) is 20.0 Å². The highest BCUT2D eigenvalue weighted by Gasteiger charge is 2.32. The Hall–Kier alpha value is -2.81. The molecule has 0 atom stereocenters. The number of ether oxygens (including phenoxy) is 1. The fraction of sp³-hybridized carbons (Fsp3) is 0.478. The monoisotopic (exact) mass is 456 g/mol. The molecule has 0 spiro atoms. The van der Waals surface area contributed by atoms with Crippen LogP contribution in [0.15, 0.2) is 29.2 Å². The molecule has 0 saturated heterocycles. The second-order valence-corrected chi connectivity index (χ2v) is 9.07. The van der Waals surface area contributed by atoms with Gasteiger partial charge in [-0.25, -0.2) is 0 Å². The van der Waals surface area contributed by atoms with Crippen molar-refractivity contribution in [1.82, 2.24) is 20.0 Å². The summed E-state index contributed by atoms with van der Waals surface area (Å²) in [5, 5.41) is 7.39. The summed E-state index contributed by atoms with van der Waals surface area (Å²) in [5.41, 5.74) is 2.83. The minimum atomic E-state index is -0.379.